The van der Waals surface area contributed by atoms with Gasteiger partial charge in [-0.1, -0.05) is 30.3 Å². The first-order valence-electron chi connectivity index (χ1n) is 8.59. The summed E-state index contributed by atoms with van der Waals surface area (Å²) in [6.07, 6.45) is 0. The summed E-state index contributed by atoms with van der Waals surface area (Å²) in [6.45, 7) is -0.0172. The Hall–Kier alpha value is -3.67. The summed E-state index contributed by atoms with van der Waals surface area (Å²) in [5.41, 5.74) is 1.77. The minimum absolute atomic E-state index is 0.307. The van der Waals surface area contributed by atoms with Crippen molar-refractivity contribution in [3.05, 3.63) is 95.8 Å². The number of halogens is 1. The molecule has 142 valence electrons. The van der Waals surface area contributed by atoms with Gasteiger partial charge in [-0.2, -0.15) is 0 Å². The zero-order valence-electron chi connectivity index (χ0n) is 14.9. The highest BCUT2D eigenvalue weighted by Crippen LogP contribution is 2.15. The number of benzene rings is 3. The van der Waals surface area contributed by atoms with Crippen molar-refractivity contribution in [2.24, 2.45) is 0 Å². The summed E-state index contributed by atoms with van der Waals surface area (Å²) in [5.74, 6) is -0.915. The van der Waals surface area contributed by atoms with Crippen LogP contribution < -0.4 is 10.1 Å². The van der Waals surface area contributed by atoms with E-state index < -0.39 is 24.3 Å². The van der Waals surface area contributed by atoms with Crippen molar-refractivity contribution < 1.29 is 23.5 Å². The first kappa shape index (κ1) is 19.1. The van der Waals surface area contributed by atoms with Crippen LogP contribution in [-0.4, -0.2) is 18.5 Å². The second-order valence-corrected chi connectivity index (χ2v) is 5.93. The van der Waals surface area contributed by atoms with E-state index in [9.17, 15) is 14.0 Å². The van der Waals surface area contributed by atoms with Crippen LogP contribution in [-0.2, 0) is 16.1 Å². The van der Waals surface area contributed by atoms with Crippen molar-refractivity contribution in [1.29, 1.82) is 0 Å². The molecule has 0 unspecified atom stereocenters. The van der Waals surface area contributed by atoms with Gasteiger partial charge in [-0.05, 0) is 54.1 Å². The molecule has 0 aliphatic rings. The molecule has 1 amide bonds. The molecule has 0 saturated heterocycles. The Balaban J connectivity index is 1.46. The number of carbonyl (C=O) groups excluding carboxylic acids is 2. The minimum Gasteiger partial charge on any atom is -0.489 e. The average Bonchev–Trinajstić information content (AvgIpc) is 2.73. The number of rotatable bonds is 7. The molecule has 0 aliphatic heterocycles. The van der Waals surface area contributed by atoms with E-state index in [-0.39, 0.29) is 0 Å². The second kappa shape index (κ2) is 9.32. The SMILES string of the molecule is O=C(COC(=O)c1ccc(OCc2ccccc2)cc1)Nc1ccc(F)cc1. The number of carbonyl (C=O) groups is 2. The summed E-state index contributed by atoms with van der Waals surface area (Å²) < 4.78 is 23.5. The van der Waals surface area contributed by atoms with Crippen LogP contribution in [0.25, 0.3) is 0 Å². The van der Waals surface area contributed by atoms with Crippen LogP contribution in [0, 0.1) is 5.82 Å². The van der Waals surface area contributed by atoms with Crippen molar-refractivity contribution in [3.8, 4) is 5.75 Å². The number of hydrogen-bond acceptors (Lipinski definition) is 4. The first-order valence-corrected chi connectivity index (χ1v) is 8.59. The number of ether oxygens (including phenoxy) is 2. The van der Waals surface area contributed by atoms with Crippen LogP contribution >= 0.6 is 0 Å². The number of esters is 1. The van der Waals surface area contributed by atoms with Crippen molar-refractivity contribution in [2.45, 2.75) is 6.61 Å². The van der Waals surface area contributed by atoms with Crippen molar-refractivity contribution in [2.75, 3.05) is 11.9 Å². The van der Waals surface area contributed by atoms with Crippen LogP contribution in [0.1, 0.15) is 15.9 Å². The zero-order valence-corrected chi connectivity index (χ0v) is 14.9. The van der Waals surface area contributed by atoms with E-state index in [1.807, 2.05) is 30.3 Å². The lowest BCUT2D eigenvalue weighted by molar-refractivity contribution is -0.119. The van der Waals surface area contributed by atoms with Crippen molar-refractivity contribution in [3.63, 3.8) is 0 Å². The van der Waals surface area contributed by atoms with Crippen LogP contribution in [0.5, 0.6) is 5.75 Å². The molecule has 5 nitrogen and oxygen atoms in total. The molecule has 28 heavy (non-hydrogen) atoms. The molecular formula is C22H18FNO4. The van der Waals surface area contributed by atoms with Gasteiger partial charge >= 0.3 is 5.97 Å². The molecule has 3 rings (SSSR count). The summed E-state index contributed by atoms with van der Waals surface area (Å²) >= 11 is 0. The molecule has 0 spiro atoms. The minimum atomic E-state index is -0.621. The van der Waals surface area contributed by atoms with E-state index in [1.165, 1.54) is 24.3 Å². The molecule has 3 aromatic rings. The van der Waals surface area contributed by atoms with E-state index >= 15 is 0 Å². The monoisotopic (exact) mass is 379 g/mol. The molecule has 0 saturated carbocycles. The molecule has 0 radical (unpaired) electrons. The number of hydrogen-bond donors (Lipinski definition) is 1. The van der Waals surface area contributed by atoms with Gasteiger partial charge in [-0.15, -0.1) is 0 Å². The van der Waals surface area contributed by atoms with Gasteiger partial charge in [-0.3, -0.25) is 4.79 Å². The Labute approximate surface area is 161 Å². The first-order chi connectivity index (χ1) is 13.6. The van der Waals surface area contributed by atoms with E-state index in [0.29, 0.717) is 23.6 Å². The fourth-order valence-corrected chi connectivity index (χ4v) is 2.37. The Bertz CT molecular complexity index is 925. The topological polar surface area (TPSA) is 64.6 Å². The van der Waals surface area contributed by atoms with Gasteiger partial charge in [0.05, 0.1) is 5.56 Å². The smallest absolute Gasteiger partial charge is 0.338 e. The standard InChI is InChI=1S/C22H18FNO4/c23-18-8-10-19(11-9-18)24-21(25)15-28-22(26)17-6-12-20(13-7-17)27-14-16-4-2-1-3-5-16/h1-13H,14-15H2,(H,24,25). The fraction of sp³-hybridized carbons (Fsp3) is 0.0909. The maximum atomic E-state index is 12.8. The van der Waals surface area contributed by atoms with Crippen molar-refractivity contribution in [1.82, 2.24) is 0 Å². The molecule has 6 heteroatoms. The lowest BCUT2D eigenvalue weighted by atomic mass is 10.2. The summed E-state index contributed by atoms with van der Waals surface area (Å²) in [4.78, 5) is 23.8. The highest BCUT2D eigenvalue weighted by Gasteiger charge is 2.11. The van der Waals surface area contributed by atoms with Crippen LogP contribution in [0.15, 0.2) is 78.9 Å². The molecule has 1 N–H and O–H groups in total. The van der Waals surface area contributed by atoms with Gasteiger partial charge in [0.2, 0.25) is 0 Å². The molecule has 0 bridgehead atoms. The normalized spacial score (nSPS) is 10.2. The largest absolute Gasteiger partial charge is 0.489 e. The third-order valence-corrected chi connectivity index (χ3v) is 3.80. The van der Waals surface area contributed by atoms with Crippen LogP contribution in [0.4, 0.5) is 10.1 Å². The van der Waals surface area contributed by atoms with Gasteiger partial charge < -0.3 is 14.8 Å². The van der Waals surface area contributed by atoms with E-state index in [4.69, 9.17) is 9.47 Å². The lowest BCUT2D eigenvalue weighted by Crippen LogP contribution is -2.20. The Morgan fingerprint density at radius 2 is 1.54 bits per heavy atom. The molecule has 0 fully saturated rings. The summed E-state index contributed by atoms with van der Waals surface area (Å²) in [6, 6.07) is 21.5. The van der Waals surface area contributed by atoms with Crippen LogP contribution in [0.3, 0.4) is 0 Å². The predicted octanol–water partition coefficient (Wildman–Crippen LogP) is 4.20. The van der Waals surface area contributed by atoms with Gasteiger partial charge in [-0.25, -0.2) is 9.18 Å². The Morgan fingerprint density at radius 1 is 0.857 bits per heavy atom. The maximum absolute atomic E-state index is 12.8. The third-order valence-electron chi connectivity index (χ3n) is 3.80. The summed E-state index contributed by atoms with van der Waals surface area (Å²) in [5, 5.41) is 2.51. The number of anilines is 1. The number of amides is 1. The second-order valence-electron chi connectivity index (χ2n) is 5.93. The van der Waals surface area contributed by atoms with E-state index in [2.05, 4.69) is 5.32 Å². The third kappa shape index (κ3) is 5.67. The zero-order chi connectivity index (χ0) is 19.8. The highest BCUT2D eigenvalue weighted by molar-refractivity contribution is 5.95. The molecule has 3 aromatic carbocycles. The van der Waals surface area contributed by atoms with Crippen LogP contribution in [0.2, 0.25) is 0 Å². The predicted molar refractivity (Wildman–Crippen MR) is 103 cm³/mol. The molecule has 0 aromatic heterocycles. The number of nitrogens with one attached hydrogen (secondary N) is 1. The van der Waals surface area contributed by atoms with E-state index in [0.717, 1.165) is 5.56 Å². The van der Waals surface area contributed by atoms with E-state index in [1.54, 1.807) is 24.3 Å². The summed E-state index contributed by atoms with van der Waals surface area (Å²) in [7, 11) is 0. The Morgan fingerprint density at radius 3 is 2.21 bits per heavy atom. The lowest BCUT2D eigenvalue weighted by Gasteiger charge is -2.08. The quantitative estimate of drug-likeness (QED) is 0.625. The van der Waals surface area contributed by atoms with Gasteiger partial charge in [0.1, 0.15) is 18.2 Å². The Kier molecular flexibility index (Phi) is 6.36. The fourth-order valence-electron chi connectivity index (χ4n) is 2.37. The average molecular weight is 379 g/mol. The van der Waals surface area contributed by atoms with Gasteiger partial charge in [0.25, 0.3) is 5.91 Å². The maximum Gasteiger partial charge on any atom is 0.338 e. The molecule has 0 aliphatic carbocycles. The highest BCUT2D eigenvalue weighted by atomic mass is 19.1. The van der Waals surface area contributed by atoms with Gasteiger partial charge in [0.15, 0.2) is 6.61 Å². The molecule has 0 heterocycles. The van der Waals surface area contributed by atoms with Gasteiger partial charge in [0, 0.05) is 5.69 Å². The molecular weight excluding hydrogens is 361 g/mol. The van der Waals surface area contributed by atoms with Crippen molar-refractivity contribution >= 4 is 17.6 Å². The molecule has 0 atom stereocenters.